The van der Waals surface area contributed by atoms with E-state index in [-0.39, 0.29) is 24.7 Å². The predicted octanol–water partition coefficient (Wildman–Crippen LogP) is 0.664. The summed E-state index contributed by atoms with van der Waals surface area (Å²) < 4.78 is 0. The highest BCUT2D eigenvalue weighted by molar-refractivity contribution is 5.91. The van der Waals surface area contributed by atoms with Crippen LogP contribution < -0.4 is 16.8 Å². The van der Waals surface area contributed by atoms with Gasteiger partial charge in [-0.1, -0.05) is 30.3 Å². The first-order chi connectivity index (χ1) is 8.50. The highest BCUT2D eigenvalue weighted by Crippen LogP contribution is 2.20. The van der Waals surface area contributed by atoms with Gasteiger partial charge in [-0.25, -0.2) is 0 Å². The molecule has 0 aliphatic carbocycles. The van der Waals surface area contributed by atoms with E-state index in [1.807, 2.05) is 6.07 Å². The second kappa shape index (κ2) is 7.76. The monoisotopic (exact) mass is 285 g/mol. The summed E-state index contributed by atoms with van der Waals surface area (Å²) in [7, 11) is 0. The number of hydrogen-bond donors (Lipinski definition) is 3. The highest BCUT2D eigenvalue weighted by atomic mass is 35.5. The van der Waals surface area contributed by atoms with Crippen LogP contribution in [0.25, 0.3) is 0 Å². The SMILES string of the molecule is CC(NC(=O)CCCN)(C(N)=O)c1ccccc1.Cl. The number of nitrogens with two attached hydrogens (primary N) is 2. The number of halogens is 1. The van der Waals surface area contributed by atoms with E-state index in [2.05, 4.69) is 5.32 Å². The van der Waals surface area contributed by atoms with Crippen molar-refractivity contribution in [3.8, 4) is 0 Å². The molecule has 1 unspecified atom stereocenters. The fourth-order valence-electron chi connectivity index (χ4n) is 1.65. The Morgan fingerprint density at radius 1 is 1.26 bits per heavy atom. The Labute approximate surface area is 119 Å². The van der Waals surface area contributed by atoms with Crippen molar-refractivity contribution < 1.29 is 9.59 Å². The zero-order valence-electron chi connectivity index (χ0n) is 10.9. The minimum Gasteiger partial charge on any atom is -0.367 e. The Morgan fingerprint density at radius 3 is 2.32 bits per heavy atom. The molecule has 1 rings (SSSR count). The van der Waals surface area contributed by atoms with E-state index in [4.69, 9.17) is 11.5 Å². The maximum absolute atomic E-state index is 11.7. The molecular formula is C13H20ClN3O2. The third kappa shape index (κ3) is 4.54. The third-order valence-corrected chi connectivity index (χ3v) is 2.84. The van der Waals surface area contributed by atoms with E-state index < -0.39 is 11.4 Å². The lowest BCUT2D eigenvalue weighted by Crippen LogP contribution is -2.52. The van der Waals surface area contributed by atoms with Crippen molar-refractivity contribution in [2.24, 2.45) is 11.5 Å². The minimum absolute atomic E-state index is 0. The second-order valence-corrected chi connectivity index (χ2v) is 4.30. The van der Waals surface area contributed by atoms with Crippen LogP contribution in [-0.4, -0.2) is 18.4 Å². The molecule has 0 bridgehead atoms. The highest BCUT2D eigenvalue weighted by Gasteiger charge is 2.34. The van der Waals surface area contributed by atoms with Crippen molar-refractivity contribution in [2.75, 3.05) is 6.54 Å². The summed E-state index contributed by atoms with van der Waals surface area (Å²) >= 11 is 0. The fourth-order valence-corrected chi connectivity index (χ4v) is 1.65. The average molecular weight is 286 g/mol. The number of benzene rings is 1. The van der Waals surface area contributed by atoms with Gasteiger partial charge >= 0.3 is 0 Å². The van der Waals surface area contributed by atoms with E-state index in [1.54, 1.807) is 31.2 Å². The van der Waals surface area contributed by atoms with Crippen molar-refractivity contribution in [1.82, 2.24) is 5.32 Å². The molecule has 0 radical (unpaired) electrons. The number of amides is 2. The van der Waals surface area contributed by atoms with Gasteiger partial charge in [0, 0.05) is 6.42 Å². The molecule has 0 heterocycles. The lowest BCUT2D eigenvalue weighted by atomic mass is 9.91. The smallest absolute Gasteiger partial charge is 0.247 e. The maximum atomic E-state index is 11.7. The molecule has 0 saturated heterocycles. The molecule has 0 aromatic heterocycles. The molecule has 0 aliphatic rings. The Kier molecular flexibility index (Phi) is 7.11. The molecule has 1 aromatic rings. The Bertz CT molecular complexity index is 425. The quantitative estimate of drug-likeness (QED) is 0.716. The van der Waals surface area contributed by atoms with Crippen LogP contribution in [0.15, 0.2) is 30.3 Å². The summed E-state index contributed by atoms with van der Waals surface area (Å²) in [6.07, 6.45) is 0.863. The zero-order valence-corrected chi connectivity index (χ0v) is 11.7. The molecule has 106 valence electrons. The number of nitrogens with one attached hydrogen (secondary N) is 1. The molecule has 19 heavy (non-hydrogen) atoms. The van der Waals surface area contributed by atoms with Gasteiger partial charge < -0.3 is 16.8 Å². The van der Waals surface area contributed by atoms with Gasteiger partial charge in [0.1, 0.15) is 5.54 Å². The van der Waals surface area contributed by atoms with Gasteiger partial charge in [-0.3, -0.25) is 9.59 Å². The van der Waals surface area contributed by atoms with Crippen molar-refractivity contribution in [2.45, 2.75) is 25.3 Å². The van der Waals surface area contributed by atoms with Crippen molar-refractivity contribution in [3.05, 3.63) is 35.9 Å². The van der Waals surface area contributed by atoms with Crippen LogP contribution in [0, 0.1) is 0 Å². The van der Waals surface area contributed by atoms with E-state index in [1.165, 1.54) is 0 Å². The van der Waals surface area contributed by atoms with Gasteiger partial charge in [0.15, 0.2) is 0 Å². The summed E-state index contributed by atoms with van der Waals surface area (Å²) in [5.74, 6) is -0.819. The number of carbonyl (C=O) groups excluding carboxylic acids is 2. The second-order valence-electron chi connectivity index (χ2n) is 4.30. The summed E-state index contributed by atoms with van der Waals surface area (Å²) in [6.45, 7) is 2.04. The molecule has 1 atom stereocenters. The van der Waals surface area contributed by atoms with E-state index in [0.29, 0.717) is 18.5 Å². The topological polar surface area (TPSA) is 98.2 Å². The predicted molar refractivity (Wildman–Crippen MR) is 76.7 cm³/mol. The lowest BCUT2D eigenvalue weighted by Gasteiger charge is -2.28. The third-order valence-electron chi connectivity index (χ3n) is 2.84. The van der Waals surface area contributed by atoms with Crippen LogP contribution in [0.3, 0.4) is 0 Å². The van der Waals surface area contributed by atoms with Crippen molar-refractivity contribution in [3.63, 3.8) is 0 Å². The number of hydrogen-bond acceptors (Lipinski definition) is 3. The molecule has 0 saturated carbocycles. The van der Waals surface area contributed by atoms with Crippen LogP contribution in [0.4, 0.5) is 0 Å². The molecule has 6 heteroatoms. The van der Waals surface area contributed by atoms with Gasteiger partial charge in [0.2, 0.25) is 11.8 Å². The summed E-state index contributed by atoms with van der Waals surface area (Å²) in [5, 5.41) is 2.67. The van der Waals surface area contributed by atoms with Gasteiger partial charge in [0.05, 0.1) is 0 Å². The first-order valence-corrected chi connectivity index (χ1v) is 5.87. The number of primary amides is 1. The molecule has 0 aliphatic heterocycles. The fraction of sp³-hybridized carbons (Fsp3) is 0.385. The van der Waals surface area contributed by atoms with Crippen molar-refractivity contribution in [1.29, 1.82) is 0 Å². The van der Waals surface area contributed by atoms with E-state index in [0.717, 1.165) is 0 Å². The van der Waals surface area contributed by atoms with Gasteiger partial charge in [-0.05, 0) is 25.5 Å². The van der Waals surface area contributed by atoms with Crippen LogP contribution in [-0.2, 0) is 15.1 Å². The summed E-state index contributed by atoms with van der Waals surface area (Å²) in [4.78, 5) is 23.3. The lowest BCUT2D eigenvalue weighted by molar-refractivity contribution is -0.131. The molecule has 0 spiro atoms. The normalized spacial score (nSPS) is 12.9. The van der Waals surface area contributed by atoms with Crippen LogP contribution in [0.2, 0.25) is 0 Å². The summed E-state index contributed by atoms with van der Waals surface area (Å²) in [5.41, 5.74) is 10.2. The van der Waals surface area contributed by atoms with Crippen molar-refractivity contribution >= 4 is 24.2 Å². The molecule has 0 fully saturated rings. The largest absolute Gasteiger partial charge is 0.367 e. The van der Waals surface area contributed by atoms with E-state index >= 15 is 0 Å². The number of rotatable bonds is 6. The maximum Gasteiger partial charge on any atom is 0.247 e. The molecule has 2 amide bonds. The standard InChI is InChI=1S/C13H19N3O2.ClH/c1-13(12(15)18,10-6-3-2-4-7-10)16-11(17)8-5-9-14;/h2-4,6-7H,5,8-9,14H2,1H3,(H2,15,18)(H,16,17);1H. The summed E-state index contributed by atoms with van der Waals surface area (Å²) in [6, 6.07) is 8.94. The van der Waals surface area contributed by atoms with Gasteiger partial charge in [0.25, 0.3) is 0 Å². The number of carbonyl (C=O) groups is 2. The average Bonchev–Trinajstić information content (AvgIpc) is 2.37. The van der Waals surface area contributed by atoms with Gasteiger partial charge in [-0.2, -0.15) is 0 Å². The molecule has 5 nitrogen and oxygen atoms in total. The van der Waals surface area contributed by atoms with E-state index in [9.17, 15) is 9.59 Å². The zero-order chi connectivity index (χ0) is 13.6. The Balaban J connectivity index is 0.00000324. The molecule has 1 aromatic carbocycles. The van der Waals surface area contributed by atoms with Crippen LogP contribution in [0.5, 0.6) is 0 Å². The van der Waals surface area contributed by atoms with Crippen LogP contribution in [0.1, 0.15) is 25.3 Å². The molecular weight excluding hydrogens is 266 g/mol. The Morgan fingerprint density at radius 2 is 1.84 bits per heavy atom. The van der Waals surface area contributed by atoms with Gasteiger partial charge in [-0.15, -0.1) is 12.4 Å². The first kappa shape index (κ1) is 17.4. The Hall–Kier alpha value is -1.59. The minimum atomic E-state index is -1.19. The first-order valence-electron chi connectivity index (χ1n) is 5.87. The molecule has 5 N–H and O–H groups in total. The van der Waals surface area contributed by atoms with Crippen LogP contribution >= 0.6 is 12.4 Å².